The number of nitrogens with one attached hydrogen (secondary N) is 1. The summed E-state index contributed by atoms with van der Waals surface area (Å²) in [5.74, 6) is 0.764. The summed E-state index contributed by atoms with van der Waals surface area (Å²) in [7, 11) is 1.80. The number of benzene rings is 1. The molecule has 1 aliphatic heterocycles. The number of aryl methyl sites for hydroxylation is 1. The predicted molar refractivity (Wildman–Crippen MR) is 112 cm³/mol. The van der Waals surface area contributed by atoms with Crippen molar-refractivity contribution in [2.45, 2.75) is 32.6 Å². The van der Waals surface area contributed by atoms with E-state index in [4.69, 9.17) is 4.74 Å². The highest BCUT2D eigenvalue weighted by Crippen LogP contribution is 2.18. The van der Waals surface area contributed by atoms with Gasteiger partial charge in [0.05, 0.1) is 12.5 Å². The Morgan fingerprint density at radius 1 is 1.36 bits per heavy atom. The Labute approximate surface area is 168 Å². The van der Waals surface area contributed by atoms with Crippen LogP contribution in [0.4, 0.5) is 0 Å². The van der Waals surface area contributed by atoms with Gasteiger partial charge in [0.25, 0.3) is 0 Å². The molecule has 0 radical (unpaired) electrons. The first-order valence-electron chi connectivity index (χ1n) is 8.90. The van der Waals surface area contributed by atoms with Crippen molar-refractivity contribution in [3.05, 3.63) is 35.9 Å². The second-order valence-corrected chi connectivity index (χ2v) is 6.10. The van der Waals surface area contributed by atoms with Gasteiger partial charge in [-0.15, -0.1) is 24.0 Å². The standard InChI is InChI=1S/C19H29N3O2.HI/c1-3-24-18(23)17-12-8-14-22(15-17)19(20-2)21-13-7-11-16-9-5-4-6-10-16;/h4-6,9-10,17H,3,7-8,11-15H2,1-2H3,(H,20,21);1H. The van der Waals surface area contributed by atoms with Crippen LogP contribution in [0.2, 0.25) is 0 Å². The van der Waals surface area contributed by atoms with Gasteiger partial charge in [0.15, 0.2) is 5.96 Å². The Morgan fingerprint density at radius 3 is 2.80 bits per heavy atom. The van der Waals surface area contributed by atoms with Gasteiger partial charge in [0.2, 0.25) is 0 Å². The lowest BCUT2D eigenvalue weighted by atomic mass is 9.98. The number of esters is 1. The minimum atomic E-state index is -0.0817. The summed E-state index contributed by atoms with van der Waals surface area (Å²) >= 11 is 0. The molecule has 1 saturated heterocycles. The molecule has 5 nitrogen and oxygen atoms in total. The zero-order valence-corrected chi connectivity index (χ0v) is 17.6. The molecule has 1 atom stereocenters. The van der Waals surface area contributed by atoms with E-state index in [1.807, 2.05) is 13.0 Å². The van der Waals surface area contributed by atoms with E-state index in [-0.39, 0.29) is 35.9 Å². The number of nitrogens with zero attached hydrogens (tertiary/aromatic N) is 2. The van der Waals surface area contributed by atoms with Crippen molar-refractivity contribution in [1.29, 1.82) is 0 Å². The highest BCUT2D eigenvalue weighted by Gasteiger charge is 2.28. The van der Waals surface area contributed by atoms with Crippen molar-refractivity contribution < 1.29 is 9.53 Å². The summed E-state index contributed by atoms with van der Waals surface area (Å²) in [5.41, 5.74) is 1.36. The van der Waals surface area contributed by atoms with Crippen molar-refractivity contribution in [3.8, 4) is 0 Å². The van der Waals surface area contributed by atoms with Gasteiger partial charge in [0, 0.05) is 26.7 Å². The number of piperidine rings is 1. The monoisotopic (exact) mass is 459 g/mol. The third-order valence-electron chi connectivity index (χ3n) is 4.32. The molecule has 0 spiro atoms. The fourth-order valence-electron chi connectivity index (χ4n) is 3.09. The third-order valence-corrected chi connectivity index (χ3v) is 4.32. The van der Waals surface area contributed by atoms with Crippen LogP contribution in [0.5, 0.6) is 0 Å². The first kappa shape index (κ1) is 21.7. The lowest BCUT2D eigenvalue weighted by molar-refractivity contribution is -0.149. The molecule has 1 fully saturated rings. The van der Waals surface area contributed by atoms with Crippen LogP contribution in [0, 0.1) is 5.92 Å². The molecule has 6 heteroatoms. The molecule has 0 bridgehead atoms. The summed E-state index contributed by atoms with van der Waals surface area (Å²) in [6.07, 6.45) is 4.00. The van der Waals surface area contributed by atoms with Gasteiger partial charge in [-0.2, -0.15) is 0 Å². The molecule has 1 unspecified atom stereocenters. The molecule has 1 aliphatic rings. The van der Waals surface area contributed by atoms with Crippen molar-refractivity contribution >= 4 is 35.9 Å². The number of hydrogen-bond donors (Lipinski definition) is 1. The van der Waals surface area contributed by atoms with Crippen molar-refractivity contribution in [1.82, 2.24) is 10.2 Å². The smallest absolute Gasteiger partial charge is 0.310 e. The number of ether oxygens (including phenoxy) is 1. The Kier molecular flexibility index (Phi) is 10.5. The van der Waals surface area contributed by atoms with Gasteiger partial charge < -0.3 is 15.0 Å². The van der Waals surface area contributed by atoms with E-state index in [1.54, 1.807) is 7.05 Å². The largest absolute Gasteiger partial charge is 0.466 e. The molecule has 1 aromatic rings. The highest BCUT2D eigenvalue weighted by atomic mass is 127. The number of aliphatic imine (C=N–C) groups is 1. The van der Waals surface area contributed by atoms with E-state index < -0.39 is 0 Å². The maximum absolute atomic E-state index is 12.0. The normalized spacial score (nSPS) is 17.6. The fraction of sp³-hybridized carbons (Fsp3) is 0.579. The van der Waals surface area contributed by atoms with Crippen molar-refractivity contribution in [2.75, 3.05) is 33.3 Å². The van der Waals surface area contributed by atoms with Gasteiger partial charge in [-0.3, -0.25) is 9.79 Å². The molecule has 0 amide bonds. The van der Waals surface area contributed by atoms with Crippen LogP contribution in [0.3, 0.4) is 0 Å². The van der Waals surface area contributed by atoms with Gasteiger partial charge in [0.1, 0.15) is 0 Å². The van der Waals surface area contributed by atoms with Crippen molar-refractivity contribution in [2.24, 2.45) is 10.9 Å². The molecular formula is C19H30IN3O2. The molecular weight excluding hydrogens is 429 g/mol. The summed E-state index contributed by atoms with van der Waals surface area (Å²) in [4.78, 5) is 18.5. The van der Waals surface area contributed by atoms with Crippen LogP contribution in [0.15, 0.2) is 35.3 Å². The molecule has 1 heterocycles. The van der Waals surface area contributed by atoms with E-state index >= 15 is 0 Å². The minimum Gasteiger partial charge on any atom is -0.466 e. The minimum absolute atomic E-state index is 0. The lowest BCUT2D eigenvalue weighted by Gasteiger charge is -2.34. The van der Waals surface area contributed by atoms with Crippen LogP contribution < -0.4 is 5.32 Å². The molecule has 0 aromatic heterocycles. The Bertz CT molecular complexity index is 537. The Morgan fingerprint density at radius 2 is 2.12 bits per heavy atom. The first-order valence-corrected chi connectivity index (χ1v) is 8.90. The molecule has 1 N–H and O–H groups in total. The number of halogens is 1. The summed E-state index contributed by atoms with van der Waals surface area (Å²) < 4.78 is 5.16. The van der Waals surface area contributed by atoms with Crippen molar-refractivity contribution in [3.63, 3.8) is 0 Å². The van der Waals surface area contributed by atoms with Gasteiger partial charge in [-0.25, -0.2) is 0 Å². The predicted octanol–water partition coefficient (Wildman–Crippen LogP) is 3.09. The average Bonchev–Trinajstić information content (AvgIpc) is 2.63. The Hall–Kier alpha value is -1.31. The maximum Gasteiger partial charge on any atom is 0.310 e. The molecule has 25 heavy (non-hydrogen) atoms. The van der Waals surface area contributed by atoms with Gasteiger partial charge in [-0.1, -0.05) is 30.3 Å². The zero-order chi connectivity index (χ0) is 17.2. The zero-order valence-electron chi connectivity index (χ0n) is 15.2. The quantitative estimate of drug-likeness (QED) is 0.234. The molecule has 0 saturated carbocycles. The van der Waals surface area contributed by atoms with Crippen LogP contribution in [0.25, 0.3) is 0 Å². The van der Waals surface area contributed by atoms with Crippen LogP contribution in [-0.2, 0) is 16.0 Å². The molecule has 2 rings (SSSR count). The fourth-order valence-corrected chi connectivity index (χ4v) is 3.09. The SMILES string of the molecule is CCOC(=O)C1CCCN(C(=NC)NCCCc2ccccc2)C1.I. The number of hydrogen-bond acceptors (Lipinski definition) is 3. The highest BCUT2D eigenvalue weighted by molar-refractivity contribution is 14.0. The van der Waals surface area contributed by atoms with Crippen LogP contribution in [0.1, 0.15) is 31.7 Å². The van der Waals surface area contributed by atoms with E-state index in [9.17, 15) is 4.79 Å². The average molecular weight is 459 g/mol. The second kappa shape index (κ2) is 12.1. The topological polar surface area (TPSA) is 53.9 Å². The van der Waals surface area contributed by atoms with E-state index in [0.29, 0.717) is 13.2 Å². The molecule has 0 aliphatic carbocycles. The number of carbonyl (C=O) groups is 1. The Balaban J connectivity index is 0.00000312. The van der Waals surface area contributed by atoms with E-state index in [0.717, 1.165) is 44.7 Å². The van der Waals surface area contributed by atoms with Gasteiger partial charge in [-0.05, 0) is 38.2 Å². The molecule has 140 valence electrons. The number of guanidine groups is 1. The third kappa shape index (κ3) is 7.22. The second-order valence-electron chi connectivity index (χ2n) is 6.10. The summed E-state index contributed by atoms with van der Waals surface area (Å²) in [6, 6.07) is 10.5. The molecule has 1 aromatic carbocycles. The van der Waals surface area contributed by atoms with Crippen LogP contribution >= 0.6 is 24.0 Å². The van der Waals surface area contributed by atoms with E-state index in [1.165, 1.54) is 5.56 Å². The number of carbonyl (C=O) groups excluding carboxylic acids is 1. The maximum atomic E-state index is 12.0. The number of rotatable bonds is 6. The first-order chi connectivity index (χ1) is 11.7. The van der Waals surface area contributed by atoms with Crippen LogP contribution in [-0.4, -0.2) is 50.1 Å². The lowest BCUT2D eigenvalue weighted by Crippen LogP contribution is -2.48. The number of likely N-dealkylation sites (tertiary alicyclic amines) is 1. The summed E-state index contributed by atoms with van der Waals surface area (Å²) in [5, 5.41) is 3.42. The van der Waals surface area contributed by atoms with E-state index in [2.05, 4.69) is 39.5 Å². The van der Waals surface area contributed by atoms with Gasteiger partial charge >= 0.3 is 5.97 Å². The summed E-state index contributed by atoms with van der Waals surface area (Å²) in [6.45, 7) is 4.81.